The molecule has 1 aliphatic rings. The van der Waals surface area contributed by atoms with Gasteiger partial charge in [0.2, 0.25) is 0 Å². The number of pyridine rings is 1. The molecule has 0 radical (unpaired) electrons. The van der Waals surface area contributed by atoms with E-state index in [0.717, 1.165) is 47.6 Å². The molecule has 25 heavy (non-hydrogen) atoms. The smallest absolute Gasteiger partial charge is 0.131 e. The van der Waals surface area contributed by atoms with Crippen LogP contribution in [0.2, 0.25) is 0 Å². The standard InChI is InChI=1S/C20H23N3OS/c1-3-14-9-15(11-23(14)4-2)24-20-10-18(19-12-25-13-21-19)22-17-8-6-5-7-16(17)20/h5-8,10,12-15H,3-4,9,11H2,1-2H3. The summed E-state index contributed by atoms with van der Waals surface area (Å²) in [5.74, 6) is 0.923. The Morgan fingerprint density at radius 3 is 2.84 bits per heavy atom. The Labute approximate surface area is 152 Å². The lowest BCUT2D eigenvalue weighted by atomic mass is 10.1. The number of likely N-dealkylation sites (tertiary alicyclic amines) is 1. The van der Waals surface area contributed by atoms with Crippen LogP contribution in [-0.2, 0) is 0 Å². The molecule has 4 rings (SSSR count). The van der Waals surface area contributed by atoms with Crippen LogP contribution in [0.15, 0.2) is 41.2 Å². The van der Waals surface area contributed by atoms with Crippen molar-refractivity contribution in [1.29, 1.82) is 0 Å². The molecule has 3 heterocycles. The van der Waals surface area contributed by atoms with Gasteiger partial charge in [-0.25, -0.2) is 9.97 Å². The van der Waals surface area contributed by atoms with Gasteiger partial charge < -0.3 is 4.74 Å². The number of hydrogen-bond acceptors (Lipinski definition) is 5. The molecule has 0 aliphatic carbocycles. The average molecular weight is 353 g/mol. The first-order valence-electron chi connectivity index (χ1n) is 8.97. The van der Waals surface area contributed by atoms with Crippen LogP contribution >= 0.6 is 11.3 Å². The van der Waals surface area contributed by atoms with Crippen LogP contribution in [0.4, 0.5) is 0 Å². The van der Waals surface area contributed by atoms with Crippen molar-refractivity contribution >= 4 is 22.2 Å². The molecule has 2 aromatic heterocycles. The predicted octanol–water partition coefficient (Wildman–Crippen LogP) is 4.61. The minimum atomic E-state index is 0.235. The number of thiazole rings is 1. The normalized spacial score (nSPS) is 21.0. The van der Waals surface area contributed by atoms with Crippen molar-refractivity contribution in [3.05, 3.63) is 41.2 Å². The van der Waals surface area contributed by atoms with Crippen LogP contribution in [0.5, 0.6) is 5.75 Å². The Hall–Kier alpha value is -1.98. The van der Waals surface area contributed by atoms with E-state index < -0.39 is 0 Å². The zero-order valence-electron chi connectivity index (χ0n) is 14.7. The van der Waals surface area contributed by atoms with E-state index in [1.54, 1.807) is 11.3 Å². The highest BCUT2D eigenvalue weighted by Gasteiger charge is 2.31. The van der Waals surface area contributed by atoms with Crippen molar-refractivity contribution in [3.63, 3.8) is 0 Å². The molecule has 3 aromatic rings. The number of hydrogen-bond donors (Lipinski definition) is 0. The molecule has 0 spiro atoms. The molecule has 2 atom stereocenters. The van der Waals surface area contributed by atoms with Gasteiger partial charge in [0.15, 0.2) is 0 Å². The molecule has 130 valence electrons. The molecular formula is C20H23N3OS. The van der Waals surface area contributed by atoms with Crippen LogP contribution in [-0.4, -0.2) is 40.1 Å². The Kier molecular flexibility index (Phi) is 4.68. The van der Waals surface area contributed by atoms with Gasteiger partial charge in [-0.05, 0) is 25.1 Å². The molecule has 1 aromatic carbocycles. The van der Waals surface area contributed by atoms with Gasteiger partial charge in [-0.2, -0.15) is 0 Å². The third kappa shape index (κ3) is 3.26. The molecule has 1 fully saturated rings. The third-order valence-electron chi connectivity index (χ3n) is 5.03. The molecule has 4 nitrogen and oxygen atoms in total. The summed E-state index contributed by atoms with van der Waals surface area (Å²) in [4.78, 5) is 11.7. The first-order chi connectivity index (χ1) is 12.3. The fourth-order valence-corrected chi connectivity index (χ4v) is 4.27. The van der Waals surface area contributed by atoms with E-state index in [2.05, 4.69) is 29.8 Å². The summed E-state index contributed by atoms with van der Waals surface area (Å²) in [6.07, 6.45) is 2.50. The van der Waals surface area contributed by atoms with E-state index >= 15 is 0 Å². The first kappa shape index (κ1) is 16.5. The summed E-state index contributed by atoms with van der Waals surface area (Å²) < 4.78 is 6.49. The maximum atomic E-state index is 6.49. The van der Waals surface area contributed by atoms with Crippen LogP contribution in [0.1, 0.15) is 26.7 Å². The van der Waals surface area contributed by atoms with Crippen LogP contribution in [0.3, 0.4) is 0 Å². The van der Waals surface area contributed by atoms with Crippen molar-refractivity contribution in [1.82, 2.24) is 14.9 Å². The minimum absolute atomic E-state index is 0.235. The first-order valence-corrected chi connectivity index (χ1v) is 9.91. The summed E-state index contributed by atoms with van der Waals surface area (Å²) in [6, 6.07) is 10.9. The van der Waals surface area contributed by atoms with Crippen LogP contribution in [0, 0.1) is 0 Å². The molecule has 0 amide bonds. The van der Waals surface area contributed by atoms with E-state index in [9.17, 15) is 0 Å². The maximum absolute atomic E-state index is 6.49. The van der Waals surface area contributed by atoms with Gasteiger partial charge in [0.25, 0.3) is 0 Å². The molecule has 2 unspecified atom stereocenters. The van der Waals surface area contributed by atoms with E-state index in [1.165, 1.54) is 6.42 Å². The molecule has 0 N–H and O–H groups in total. The van der Waals surface area contributed by atoms with Gasteiger partial charge in [-0.1, -0.05) is 26.0 Å². The second-order valence-electron chi connectivity index (χ2n) is 6.52. The number of aromatic nitrogens is 2. The monoisotopic (exact) mass is 353 g/mol. The number of para-hydroxylation sites is 1. The zero-order valence-corrected chi connectivity index (χ0v) is 15.5. The molecule has 0 saturated carbocycles. The van der Waals surface area contributed by atoms with E-state index in [0.29, 0.717) is 6.04 Å². The number of fused-ring (bicyclic) bond motifs is 1. The summed E-state index contributed by atoms with van der Waals surface area (Å²) in [6.45, 7) is 6.57. The molecule has 0 bridgehead atoms. The summed E-state index contributed by atoms with van der Waals surface area (Å²) in [5, 5.41) is 3.10. The maximum Gasteiger partial charge on any atom is 0.131 e. The summed E-state index contributed by atoms with van der Waals surface area (Å²) >= 11 is 1.59. The quantitative estimate of drug-likeness (QED) is 0.671. The predicted molar refractivity (Wildman–Crippen MR) is 103 cm³/mol. The minimum Gasteiger partial charge on any atom is -0.488 e. The Morgan fingerprint density at radius 2 is 2.12 bits per heavy atom. The molecule has 1 aliphatic heterocycles. The topological polar surface area (TPSA) is 38.3 Å². The zero-order chi connectivity index (χ0) is 17.2. The van der Waals surface area contributed by atoms with Gasteiger partial charge in [-0.3, -0.25) is 4.90 Å². The number of benzene rings is 1. The Balaban J connectivity index is 1.69. The van der Waals surface area contributed by atoms with Crippen molar-refractivity contribution < 1.29 is 4.74 Å². The Morgan fingerprint density at radius 1 is 1.24 bits per heavy atom. The van der Waals surface area contributed by atoms with E-state index in [1.807, 2.05) is 35.2 Å². The van der Waals surface area contributed by atoms with Crippen molar-refractivity contribution in [2.24, 2.45) is 0 Å². The summed E-state index contributed by atoms with van der Waals surface area (Å²) in [5.41, 5.74) is 4.59. The number of rotatable bonds is 5. The SMILES string of the molecule is CCC1CC(Oc2cc(-c3cscn3)nc3ccccc23)CN1CC. The molecular weight excluding hydrogens is 330 g/mol. The lowest BCUT2D eigenvalue weighted by Crippen LogP contribution is -2.29. The van der Waals surface area contributed by atoms with Crippen molar-refractivity contribution in [2.45, 2.75) is 38.8 Å². The number of likely N-dealkylation sites (N-methyl/N-ethyl adjacent to an activating group) is 1. The largest absolute Gasteiger partial charge is 0.488 e. The van der Waals surface area contributed by atoms with Crippen LogP contribution < -0.4 is 4.74 Å². The second kappa shape index (κ2) is 7.10. The van der Waals surface area contributed by atoms with Crippen LogP contribution in [0.25, 0.3) is 22.3 Å². The van der Waals surface area contributed by atoms with Crippen molar-refractivity contribution in [3.8, 4) is 17.1 Å². The van der Waals surface area contributed by atoms with Gasteiger partial charge in [-0.15, -0.1) is 11.3 Å². The third-order valence-corrected chi connectivity index (χ3v) is 5.62. The highest BCUT2D eigenvalue weighted by atomic mass is 32.1. The van der Waals surface area contributed by atoms with Gasteiger partial charge in [0.1, 0.15) is 11.9 Å². The average Bonchev–Trinajstić information content (AvgIpc) is 3.31. The lowest BCUT2D eigenvalue weighted by molar-refractivity contribution is 0.202. The van der Waals surface area contributed by atoms with Gasteiger partial charge in [0, 0.05) is 35.8 Å². The lowest BCUT2D eigenvalue weighted by Gasteiger charge is -2.20. The highest BCUT2D eigenvalue weighted by molar-refractivity contribution is 7.07. The summed E-state index contributed by atoms with van der Waals surface area (Å²) in [7, 11) is 0. The fraction of sp³-hybridized carbons (Fsp3) is 0.400. The van der Waals surface area contributed by atoms with Crippen molar-refractivity contribution in [2.75, 3.05) is 13.1 Å². The van der Waals surface area contributed by atoms with E-state index in [-0.39, 0.29) is 6.10 Å². The number of ether oxygens (including phenoxy) is 1. The van der Waals surface area contributed by atoms with Gasteiger partial charge in [0.05, 0.1) is 22.4 Å². The molecule has 1 saturated heterocycles. The van der Waals surface area contributed by atoms with E-state index in [4.69, 9.17) is 9.72 Å². The highest BCUT2D eigenvalue weighted by Crippen LogP contribution is 2.32. The second-order valence-corrected chi connectivity index (χ2v) is 7.24. The van der Waals surface area contributed by atoms with Gasteiger partial charge >= 0.3 is 0 Å². The molecule has 5 heteroatoms. The number of nitrogens with zero attached hydrogens (tertiary/aromatic N) is 3. The fourth-order valence-electron chi connectivity index (χ4n) is 3.73. The Bertz CT molecular complexity index is 837.